The van der Waals surface area contributed by atoms with Crippen molar-refractivity contribution in [2.24, 2.45) is 0 Å². The number of rotatable bonds is 5. The van der Waals surface area contributed by atoms with Gasteiger partial charge in [-0.2, -0.15) is 4.31 Å². The largest absolute Gasteiger partial charge is 0.478 e. The summed E-state index contributed by atoms with van der Waals surface area (Å²) in [6, 6.07) is 2.49. The number of aryl methyl sites for hydroxylation is 1. The van der Waals surface area contributed by atoms with Crippen LogP contribution < -0.4 is 0 Å². The third-order valence-corrected chi connectivity index (χ3v) is 5.84. The molecule has 0 radical (unpaired) electrons. The predicted molar refractivity (Wildman–Crippen MR) is 77.3 cm³/mol. The van der Waals surface area contributed by atoms with E-state index in [1.54, 1.807) is 6.92 Å². The van der Waals surface area contributed by atoms with Gasteiger partial charge in [-0.05, 0) is 47.5 Å². The number of carboxylic acids is 1. The fourth-order valence-electron chi connectivity index (χ4n) is 1.69. The first-order valence-corrected chi connectivity index (χ1v) is 7.98. The molecule has 8 heteroatoms. The van der Waals surface area contributed by atoms with Crippen molar-refractivity contribution in [2.45, 2.75) is 24.8 Å². The lowest BCUT2D eigenvalue weighted by Crippen LogP contribution is -2.33. The molecule has 0 fully saturated rings. The minimum Gasteiger partial charge on any atom is -0.478 e. The van der Waals surface area contributed by atoms with Crippen molar-refractivity contribution in [1.29, 1.82) is 0 Å². The van der Waals surface area contributed by atoms with Crippen LogP contribution in [-0.2, 0) is 10.0 Å². The highest BCUT2D eigenvalue weighted by Gasteiger charge is 2.26. The molecule has 6 nitrogen and oxygen atoms in total. The minimum absolute atomic E-state index is 0.0783. The van der Waals surface area contributed by atoms with E-state index >= 15 is 0 Å². The molecule has 0 saturated heterocycles. The van der Waals surface area contributed by atoms with Crippen molar-refractivity contribution < 1.29 is 23.4 Å². The van der Waals surface area contributed by atoms with Crippen molar-refractivity contribution in [3.63, 3.8) is 0 Å². The van der Waals surface area contributed by atoms with Gasteiger partial charge in [-0.15, -0.1) is 0 Å². The van der Waals surface area contributed by atoms with E-state index in [9.17, 15) is 18.3 Å². The standard InChI is InChI=1S/C12H16BrNO5S/c1-7-4-9(12(16)17)5-10(11(7)13)20(18,19)14(3)6-8(2)15/h4-5,8,15H,6H2,1-3H3,(H,16,17). The van der Waals surface area contributed by atoms with E-state index in [1.807, 2.05) is 0 Å². The summed E-state index contributed by atoms with van der Waals surface area (Å²) in [6.45, 7) is 3.01. The smallest absolute Gasteiger partial charge is 0.335 e. The van der Waals surface area contributed by atoms with Crippen molar-refractivity contribution in [1.82, 2.24) is 4.31 Å². The lowest BCUT2D eigenvalue weighted by molar-refractivity contribution is 0.0696. The zero-order valence-electron chi connectivity index (χ0n) is 11.3. The SMILES string of the molecule is Cc1cc(C(=O)O)cc(S(=O)(=O)N(C)CC(C)O)c1Br. The zero-order valence-corrected chi connectivity index (χ0v) is 13.7. The molecule has 20 heavy (non-hydrogen) atoms. The summed E-state index contributed by atoms with van der Waals surface area (Å²) in [4.78, 5) is 10.9. The van der Waals surface area contributed by atoms with Crippen LogP contribution in [-0.4, -0.2) is 48.6 Å². The second-order valence-corrected chi connectivity index (χ2v) is 7.35. The molecule has 1 aromatic carbocycles. The lowest BCUT2D eigenvalue weighted by Gasteiger charge is -2.20. The van der Waals surface area contributed by atoms with Crippen molar-refractivity contribution >= 4 is 31.9 Å². The number of aliphatic hydroxyl groups is 1. The van der Waals surface area contributed by atoms with E-state index < -0.39 is 22.1 Å². The van der Waals surface area contributed by atoms with E-state index in [1.165, 1.54) is 20.0 Å². The first-order chi connectivity index (χ1) is 9.07. The number of nitrogens with zero attached hydrogens (tertiary/aromatic N) is 1. The Labute approximate surface area is 126 Å². The average Bonchev–Trinajstić information content (AvgIpc) is 2.30. The maximum Gasteiger partial charge on any atom is 0.335 e. The molecule has 0 spiro atoms. The molecule has 2 N–H and O–H groups in total. The molecule has 1 unspecified atom stereocenters. The van der Waals surface area contributed by atoms with Gasteiger partial charge in [0.2, 0.25) is 10.0 Å². The number of hydrogen-bond donors (Lipinski definition) is 2. The molecule has 0 saturated carbocycles. The summed E-state index contributed by atoms with van der Waals surface area (Å²) < 4.78 is 26.1. The highest BCUT2D eigenvalue weighted by atomic mass is 79.9. The van der Waals surface area contributed by atoms with Crippen LogP contribution in [0.2, 0.25) is 0 Å². The van der Waals surface area contributed by atoms with Crippen molar-refractivity contribution in [3.8, 4) is 0 Å². The Balaban J connectivity index is 3.41. The quantitative estimate of drug-likeness (QED) is 0.823. The van der Waals surface area contributed by atoms with E-state index in [2.05, 4.69) is 15.9 Å². The fraction of sp³-hybridized carbons (Fsp3) is 0.417. The van der Waals surface area contributed by atoms with Gasteiger partial charge in [0.15, 0.2) is 0 Å². The summed E-state index contributed by atoms with van der Waals surface area (Å²) in [6.07, 6.45) is -0.822. The fourth-order valence-corrected chi connectivity index (χ4v) is 3.94. The van der Waals surface area contributed by atoms with Gasteiger partial charge in [-0.3, -0.25) is 0 Å². The molecular formula is C12H16BrNO5S. The van der Waals surface area contributed by atoms with E-state index in [-0.39, 0.29) is 17.0 Å². The molecule has 1 aromatic rings. The van der Waals surface area contributed by atoms with Gasteiger partial charge in [0.1, 0.15) is 0 Å². The van der Waals surface area contributed by atoms with Gasteiger partial charge < -0.3 is 10.2 Å². The minimum atomic E-state index is -3.88. The van der Waals surface area contributed by atoms with Crippen molar-refractivity contribution in [3.05, 3.63) is 27.7 Å². The van der Waals surface area contributed by atoms with Crippen LogP contribution in [0.5, 0.6) is 0 Å². The highest BCUT2D eigenvalue weighted by molar-refractivity contribution is 9.10. The Kier molecular flexibility index (Phi) is 5.31. The number of carboxylic acid groups (broad SMARTS) is 1. The van der Waals surface area contributed by atoms with Crippen LogP contribution in [0.15, 0.2) is 21.5 Å². The molecule has 0 aliphatic heterocycles. The Morgan fingerprint density at radius 1 is 1.45 bits per heavy atom. The third kappa shape index (κ3) is 3.57. The van der Waals surface area contributed by atoms with Crippen LogP contribution in [0.25, 0.3) is 0 Å². The van der Waals surface area contributed by atoms with Crippen LogP contribution in [0.4, 0.5) is 0 Å². The first kappa shape index (κ1) is 17.1. The summed E-state index contributed by atoms with van der Waals surface area (Å²) in [7, 11) is -2.55. The molecule has 0 aromatic heterocycles. The van der Waals surface area contributed by atoms with E-state index in [4.69, 9.17) is 5.11 Å². The Bertz CT molecular complexity index is 627. The summed E-state index contributed by atoms with van der Waals surface area (Å²) in [5.74, 6) is -1.20. The average molecular weight is 366 g/mol. The number of benzene rings is 1. The van der Waals surface area contributed by atoms with Crippen LogP contribution >= 0.6 is 15.9 Å². The van der Waals surface area contributed by atoms with Gasteiger partial charge in [-0.1, -0.05) is 0 Å². The molecule has 0 heterocycles. The second kappa shape index (κ2) is 6.21. The van der Waals surface area contributed by atoms with Crippen LogP contribution in [0.3, 0.4) is 0 Å². The van der Waals surface area contributed by atoms with Gasteiger partial charge in [0.25, 0.3) is 0 Å². The number of aliphatic hydroxyl groups excluding tert-OH is 1. The molecule has 0 aliphatic carbocycles. The number of carbonyl (C=O) groups is 1. The van der Waals surface area contributed by atoms with Gasteiger partial charge in [-0.25, -0.2) is 13.2 Å². The highest BCUT2D eigenvalue weighted by Crippen LogP contribution is 2.29. The Hall–Kier alpha value is -0.960. The van der Waals surface area contributed by atoms with Crippen LogP contribution in [0, 0.1) is 6.92 Å². The number of aromatic carboxylic acids is 1. The third-order valence-electron chi connectivity index (χ3n) is 2.68. The van der Waals surface area contributed by atoms with E-state index in [0.29, 0.717) is 10.0 Å². The second-order valence-electron chi connectivity index (χ2n) is 4.54. The summed E-state index contributed by atoms with van der Waals surface area (Å²) in [5.41, 5.74) is 0.406. The van der Waals surface area contributed by atoms with Gasteiger partial charge in [0, 0.05) is 18.1 Å². The van der Waals surface area contributed by atoms with Crippen molar-refractivity contribution in [2.75, 3.05) is 13.6 Å². The van der Waals surface area contributed by atoms with E-state index in [0.717, 1.165) is 10.4 Å². The first-order valence-electron chi connectivity index (χ1n) is 5.75. The number of hydrogen-bond acceptors (Lipinski definition) is 4. The van der Waals surface area contributed by atoms with Gasteiger partial charge >= 0.3 is 5.97 Å². The monoisotopic (exact) mass is 365 g/mol. The maximum absolute atomic E-state index is 12.4. The maximum atomic E-state index is 12.4. The number of likely N-dealkylation sites (N-methyl/N-ethyl adjacent to an activating group) is 1. The molecule has 0 bridgehead atoms. The molecule has 0 aliphatic rings. The molecular weight excluding hydrogens is 350 g/mol. The molecule has 1 atom stereocenters. The topological polar surface area (TPSA) is 94.9 Å². The summed E-state index contributed by atoms with van der Waals surface area (Å²) >= 11 is 3.17. The molecule has 0 amide bonds. The zero-order chi connectivity index (χ0) is 15.7. The predicted octanol–water partition coefficient (Wildman–Crippen LogP) is 1.46. The number of sulfonamides is 1. The normalized spacial score (nSPS) is 13.5. The van der Waals surface area contributed by atoms with Crippen LogP contribution in [0.1, 0.15) is 22.8 Å². The molecule has 112 valence electrons. The van der Waals surface area contributed by atoms with Gasteiger partial charge in [0.05, 0.1) is 16.6 Å². The summed E-state index contributed by atoms with van der Waals surface area (Å²) in [5, 5.41) is 18.3. The lowest BCUT2D eigenvalue weighted by atomic mass is 10.1. The Morgan fingerprint density at radius 2 is 2.00 bits per heavy atom. The number of halogens is 1. The molecule has 1 rings (SSSR count). The Morgan fingerprint density at radius 3 is 2.45 bits per heavy atom.